The van der Waals surface area contributed by atoms with Crippen molar-refractivity contribution in [2.24, 2.45) is 0 Å². The molecule has 0 saturated heterocycles. The van der Waals surface area contributed by atoms with Crippen molar-refractivity contribution in [3.05, 3.63) is 77.4 Å². The molecule has 184 valence electrons. The molecule has 3 rings (SSSR count). The van der Waals surface area contributed by atoms with E-state index in [1.807, 2.05) is 0 Å². The van der Waals surface area contributed by atoms with Gasteiger partial charge >= 0.3 is 5.97 Å². The van der Waals surface area contributed by atoms with Crippen molar-refractivity contribution in [3.8, 4) is 11.5 Å². The van der Waals surface area contributed by atoms with Crippen LogP contribution in [0.5, 0.6) is 11.5 Å². The number of rotatable bonds is 8. The predicted molar refractivity (Wildman–Crippen MR) is 122 cm³/mol. The molecule has 0 aromatic heterocycles. The summed E-state index contributed by atoms with van der Waals surface area (Å²) < 4.78 is 70.7. The Morgan fingerprint density at radius 1 is 0.829 bits per heavy atom. The number of halogens is 2. The molecule has 3 aromatic rings. The average Bonchev–Trinajstić information content (AvgIpc) is 2.84. The number of sulfonamides is 1. The van der Waals surface area contributed by atoms with Gasteiger partial charge in [0.2, 0.25) is 0 Å². The van der Waals surface area contributed by atoms with Crippen molar-refractivity contribution < 1.29 is 41.0 Å². The Kier molecular flexibility index (Phi) is 7.55. The minimum absolute atomic E-state index is 0.0768. The van der Waals surface area contributed by atoms with Crippen LogP contribution in [0.3, 0.4) is 0 Å². The van der Waals surface area contributed by atoms with Gasteiger partial charge in [-0.1, -0.05) is 0 Å². The Hall–Kier alpha value is -4.19. The van der Waals surface area contributed by atoms with E-state index in [4.69, 9.17) is 14.2 Å². The molecule has 0 fully saturated rings. The lowest BCUT2D eigenvalue weighted by Gasteiger charge is -2.16. The van der Waals surface area contributed by atoms with E-state index in [1.165, 1.54) is 38.5 Å². The smallest absolute Gasteiger partial charge is 0.340 e. The molecule has 0 aliphatic rings. The summed E-state index contributed by atoms with van der Waals surface area (Å²) in [5.41, 5.74) is -0.575. The summed E-state index contributed by atoms with van der Waals surface area (Å²) >= 11 is 0. The molecule has 3 aromatic carbocycles. The molecule has 12 heteroatoms. The van der Waals surface area contributed by atoms with Crippen LogP contribution in [0.15, 0.2) is 59.5 Å². The number of nitrogens with one attached hydrogen (secondary N) is 2. The van der Waals surface area contributed by atoms with Crippen molar-refractivity contribution >= 4 is 33.3 Å². The second-order valence-electron chi connectivity index (χ2n) is 6.95. The van der Waals surface area contributed by atoms with Crippen molar-refractivity contribution in [1.29, 1.82) is 0 Å². The number of anilines is 2. The summed E-state index contributed by atoms with van der Waals surface area (Å²) in [6.45, 7) is 0. The Morgan fingerprint density at radius 3 is 2.03 bits per heavy atom. The molecule has 35 heavy (non-hydrogen) atoms. The number of hydrogen-bond donors (Lipinski definition) is 2. The first kappa shape index (κ1) is 25.4. The summed E-state index contributed by atoms with van der Waals surface area (Å²) in [7, 11) is -0.622. The van der Waals surface area contributed by atoms with Gasteiger partial charge in [0.1, 0.15) is 11.6 Å². The molecule has 0 aliphatic carbocycles. The lowest BCUT2D eigenvalue weighted by molar-refractivity contribution is 0.0601. The Bertz CT molecular complexity index is 1380. The van der Waals surface area contributed by atoms with Gasteiger partial charge in [-0.25, -0.2) is 22.0 Å². The van der Waals surface area contributed by atoms with Crippen LogP contribution in [0.1, 0.15) is 20.7 Å². The molecule has 0 heterocycles. The maximum absolute atomic E-state index is 14.7. The molecular weight excluding hydrogens is 486 g/mol. The van der Waals surface area contributed by atoms with E-state index in [0.29, 0.717) is 6.07 Å². The number of ether oxygens (including phenoxy) is 3. The summed E-state index contributed by atoms with van der Waals surface area (Å²) in [6.07, 6.45) is 0. The molecule has 0 aliphatic heterocycles. The maximum atomic E-state index is 14.7. The minimum Gasteiger partial charge on any atom is -0.493 e. The third-order valence-electron chi connectivity index (χ3n) is 4.78. The number of hydrogen-bond acceptors (Lipinski definition) is 7. The third kappa shape index (κ3) is 5.66. The molecule has 1 amide bonds. The number of carbonyl (C=O) groups is 2. The van der Waals surface area contributed by atoms with Gasteiger partial charge in [-0.05, 0) is 42.5 Å². The quantitative estimate of drug-likeness (QED) is 0.446. The van der Waals surface area contributed by atoms with Gasteiger partial charge in [-0.15, -0.1) is 0 Å². The van der Waals surface area contributed by atoms with Gasteiger partial charge in [0.05, 0.1) is 43.2 Å². The van der Waals surface area contributed by atoms with E-state index >= 15 is 0 Å². The molecule has 0 atom stereocenters. The number of carbonyl (C=O) groups excluding carboxylic acids is 2. The summed E-state index contributed by atoms with van der Waals surface area (Å²) in [5, 5.41) is 2.29. The van der Waals surface area contributed by atoms with Gasteiger partial charge in [-0.2, -0.15) is 0 Å². The van der Waals surface area contributed by atoms with E-state index < -0.39 is 38.4 Å². The van der Waals surface area contributed by atoms with Crippen molar-refractivity contribution in [1.82, 2.24) is 0 Å². The monoisotopic (exact) mass is 506 g/mol. The van der Waals surface area contributed by atoms with Crippen LogP contribution in [0.4, 0.5) is 20.2 Å². The van der Waals surface area contributed by atoms with E-state index in [1.54, 1.807) is 0 Å². The van der Waals surface area contributed by atoms with Gasteiger partial charge in [0, 0.05) is 17.7 Å². The highest BCUT2D eigenvalue weighted by Crippen LogP contribution is 2.35. The second-order valence-corrected chi connectivity index (χ2v) is 8.63. The normalized spacial score (nSPS) is 10.9. The molecule has 0 spiro atoms. The lowest BCUT2D eigenvalue weighted by Crippen LogP contribution is -2.17. The van der Waals surface area contributed by atoms with Crippen LogP contribution in [-0.4, -0.2) is 41.6 Å². The molecule has 0 unspecified atom stereocenters. The number of amides is 1. The molecule has 0 bridgehead atoms. The van der Waals surface area contributed by atoms with Gasteiger partial charge in [0.15, 0.2) is 11.5 Å². The standard InChI is InChI=1S/C23H20F2N2O7S/c1-32-20-11-16(23(29)34-3)19(12-21(20)33-2)27-35(30,31)15-8-9-18(17(25)10-15)26-22(28)13-4-6-14(24)7-5-13/h4-12,27H,1-3H3,(H,26,28). The lowest BCUT2D eigenvalue weighted by atomic mass is 10.1. The number of esters is 1. The molecular formula is C23H20F2N2O7S. The maximum Gasteiger partial charge on any atom is 0.340 e. The molecule has 2 N–H and O–H groups in total. The molecule has 9 nitrogen and oxygen atoms in total. The summed E-state index contributed by atoms with van der Waals surface area (Å²) in [6, 6.07) is 9.84. The SMILES string of the molecule is COC(=O)c1cc(OC)c(OC)cc1NS(=O)(=O)c1ccc(NC(=O)c2ccc(F)cc2)c(F)c1. The fourth-order valence-electron chi connectivity index (χ4n) is 3.01. The highest BCUT2D eigenvalue weighted by molar-refractivity contribution is 7.92. The zero-order chi connectivity index (χ0) is 25.8. The fourth-order valence-corrected chi connectivity index (χ4v) is 4.09. The molecule has 0 saturated carbocycles. The zero-order valence-corrected chi connectivity index (χ0v) is 19.5. The average molecular weight is 506 g/mol. The molecule has 0 radical (unpaired) electrons. The third-order valence-corrected chi connectivity index (χ3v) is 6.14. The largest absolute Gasteiger partial charge is 0.493 e. The van der Waals surface area contributed by atoms with Crippen LogP contribution >= 0.6 is 0 Å². The van der Waals surface area contributed by atoms with Crippen LogP contribution < -0.4 is 19.5 Å². The van der Waals surface area contributed by atoms with Gasteiger partial charge in [-0.3, -0.25) is 9.52 Å². The van der Waals surface area contributed by atoms with Crippen LogP contribution in [0, 0.1) is 11.6 Å². The second kappa shape index (κ2) is 10.4. The highest BCUT2D eigenvalue weighted by Gasteiger charge is 2.23. The van der Waals surface area contributed by atoms with Gasteiger partial charge in [0.25, 0.3) is 15.9 Å². The van der Waals surface area contributed by atoms with Crippen molar-refractivity contribution in [2.45, 2.75) is 4.90 Å². The number of methoxy groups -OCH3 is 3. The van der Waals surface area contributed by atoms with E-state index in [-0.39, 0.29) is 34.0 Å². The Balaban J connectivity index is 1.90. The number of benzene rings is 3. The first-order valence-electron chi connectivity index (χ1n) is 9.83. The summed E-state index contributed by atoms with van der Waals surface area (Å²) in [4.78, 5) is 23.9. The predicted octanol–water partition coefficient (Wildman–Crippen LogP) is 3.82. The first-order valence-corrected chi connectivity index (χ1v) is 11.3. The van der Waals surface area contributed by atoms with Crippen molar-refractivity contribution in [3.63, 3.8) is 0 Å². The zero-order valence-electron chi connectivity index (χ0n) is 18.7. The first-order chi connectivity index (χ1) is 16.6. The topological polar surface area (TPSA) is 120 Å². The van der Waals surface area contributed by atoms with Crippen molar-refractivity contribution in [2.75, 3.05) is 31.4 Å². The van der Waals surface area contributed by atoms with Crippen LogP contribution in [0.2, 0.25) is 0 Å². The van der Waals surface area contributed by atoms with E-state index in [2.05, 4.69) is 10.0 Å². The Morgan fingerprint density at radius 2 is 1.46 bits per heavy atom. The van der Waals surface area contributed by atoms with Crippen LogP contribution in [0.25, 0.3) is 0 Å². The minimum atomic E-state index is -4.40. The van der Waals surface area contributed by atoms with E-state index in [0.717, 1.165) is 31.4 Å². The Labute approximate surface area is 199 Å². The van der Waals surface area contributed by atoms with E-state index in [9.17, 15) is 26.8 Å². The fraction of sp³-hybridized carbons (Fsp3) is 0.130. The van der Waals surface area contributed by atoms with Crippen LogP contribution in [-0.2, 0) is 14.8 Å². The van der Waals surface area contributed by atoms with Gasteiger partial charge < -0.3 is 19.5 Å². The summed E-state index contributed by atoms with van der Waals surface area (Å²) in [5.74, 6) is -2.87. The highest BCUT2D eigenvalue weighted by atomic mass is 32.2.